The molecule has 0 saturated carbocycles. The summed E-state index contributed by atoms with van der Waals surface area (Å²) < 4.78 is 10.8. The number of carbonyl (C=O) groups is 1. The first kappa shape index (κ1) is 18.0. The van der Waals surface area contributed by atoms with Crippen molar-refractivity contribution in [3.63, 3.8) is 0 Å². The molecule has 0 radical (unpaired) electrons. The molecule has 25 heavy (non-hydrogen) atoms. The molecule has 0 spiro atoms. The number of halogens is 1. The van der Waals surface area contributed by atoms with Crippen LogP contribution in [0.1, 0.15) is 26.3 Å². The predicted molar refractivity (Wildman–Crippen MR) is 101 cm³/mol. The molecule has 1 amide bonds. The van der Waals surface area contributed by atoms with Crippen molar-refractivity contribution in [2.24, 2.45) is 0 Å². The van der Waals surface area contributed by atoms with Crippen molar-refractivity contribution in [3.8, 4) is 11.5 Å². The molecule has 0 aliphatic carbocycles. The van der Waals surface area contributed by atoms with E-state index in [1.807, 2.05) is 63.2 Å². The second-order valence-corrected chi connectivity index (χ2v) is 8.25. The zero-order valence-corrected chi connectivity index (χ0v) is 15.9. The Labute approximate surface area is 156 Å². The van der Waals surface area contributed by atoms with E-state index in [0.29, 0.717) is 10.8 Å². The first-order chi connectivity index (χ1) is 11.8. The minimum Gasteiger partial charge on any atom is -0.454 e. The van der Waals surface area contributed by atoms with Crippen molar-refractivity contribution >= 4 is 29.3 Å². The first-order valence-electron chi connectivity index (χ1n) is 7.99. The van der Waals surface area contributed by atoms with E-state index in [1.54, 1.807) is 0 Å². The molecule has 3 rings (SSSR count). The SMILES string of the molecule is CC(Sc1ccc(Cl)cc1)C(=O)NC(C)(C)c1ccc2c(c1)OCO2. The van der Waals surface area contributed by atoms with E-state index in [2.05, 4.69) is 5.32 Å². The van der Waals surface area contributed by atoms with Crippen LogP contribution in [0.2, 0.25) is 5.02 Å². The molecule has 2 aromatic carbocycles. The van der Waals surface area contributed by atoms with Crippen molar-refractivity contribution in [3.05, 3.63) is 53.1 Å². The number of hydrogen-bond acceptors (Lipinski definition) is 4. The van der Waals surface area contributed by atoms with Crippen LogP contribution in [0.25, 0.3) is 0 Å². The summed E-state index contributed by atoms with van der Waals surface area (Å²) in [4.78, 5) is 13.6. The Morgan fingerprint density at radius 2 is 1.84 bits per heavy atom. The summed E-state index contributed by atoms with van der Waals surface area (Å²) in [6.07, 6.45) is 0. The van der Waals surface area contributed by atoms with Gasteiger partial charge in [-0.3, -0.25) is 4.79 Å². The van der Waals surface area contributed by atoms with Gasteiger partial charge in [0.15, 0.2) is 11.5 Å². The van der Waals surface area contributed by atoms with Gasteiger partial charge in [0.2, 0.25) is 12.7 Å². The van der Waals surface area contributed by atoms with Crippen LogP contribution in [-0.2, 0) is 10.3 Å². The Morgan fingerprint density at radius 3 is 2.56 bits per heavy atom. The van der Waals surface area contributed by atoms with Crippen molar-refractivity contribution in [2.45, 2.75) is 36.5 Å². The lowest BCUT2D eigenvalue weighted by Crippen LogP contribution is -2.44. The van der Waals surface area contributed by atoms with Gasteiger partial charge in [0, 0.05) is 9.92 Å². The lowest BCUT2D eigenvalue weighted by Gasteiger charge is -2.28. The molecule has 1 aliphatic rings. The highest BCUT2D eigenvalue weighted by atomic mass is 35.5. The molecule has 132 valence electrons. The van der Waals surface area contributed by atoms with Gasteiger partial charge < -0.3 is 14.8 Å². The third kappa shape index (κ3) is 4.22. The Balaban J connectivity index is 1.67. The average molecular weight is 378 g/mol. The highest BCUT2D eigenvalue weighted by Crippen LogP contribution is 2.36. The number of ether oxygens (including phenoxy) is 2. The Morgan fingerprint density at radius 1 is 1.16 bits per heavy atom. The van der Waals surface area contributed by atoms with Gasteiger partial charge in [-0.15, -0.1) is 11.8 Å². The van der Waals surface area contributed by atoms with E-state index in [-0.39, 0.29) is 18.0 Å². The number of nitrogens with one attached hydrogen (secondary N) is 1. The summed E-state index contributed by atoms with van der Waals surface area (Å²) >= 11 is 7.40. The molecule has 1 unspecified atom stereocenters. The van der Waals surface area contributed by atoms with Crippen molar-refractivity contribution in [2.75, 3.05) is 6.79 Å². The molecule has 1 N–H and O–H groups in total. The second-order valence-electron chi connectivity index (χ2n) is 6.40. The summed E-state index contributed by atoms with van der Waals surface area (Å²) in [5.74, 6) is 1.42. The highest BCUT2D eigenvalue weighted by Gasteiger charge is 2.27. The lowest BCUT2D eigenvalue weighted by atomic mass is 9.93. The largest absolute Gasteiger partial charge is 0.454 e. The number of amides is 1. The molecular weight excluding hydrogens is 358 g/mol. The van der Waals surface area contributed by atoms with Crippen molar-refractivity contribution < 1.29 is 14.3 Å². The normalized spacial score (nSPS) is 14.2. The van der Waals surface area contributed by atoms with Crippen LogP contribution in [0, 0.1) is 0 Å². The number of rotatable bonds is 5. The number of hydrogen-bond donors (Lipinski definition) is 1. The number of benzene rings is 2. The molecule has 0 bridgehead atoms. The fraction of sp³-hybridized carbons (Fsp3) is 0.316. The van der Waals surface area contributed by atoms with Crippen LogP contribution >= 0.6 is 23.4 Å². The minimum absolute atomic E-state index is 0.0254. The predicted octanol–water partition coefficient (Wildman–Crippen LogP) is 4.60. The fourth-order valence-corrected chi connectivity index (χ4v) is 3.53. The van der Waals surface area contributed by atoms with Gasteiger partial charge >= 0.3 is 0 Å². The lowest BCUT2D eigenvalue weighted by molar-refractivity contribution is -0.122. The Kier molecular flexibility index (Phi) is 5.16. The molecule has 0 fully saturated rings. The van der Waals surface area contributed by atoms with Gasteiger partial charge in [0.05, 0.1) is 10.8 Å². The number of thioether (sulfide) groups is 1. The summed E-state index contributed by atoms with van der Waals surface area (Å²) in [5.41, 5.74) is 0.446. The van der Waals surface area contributed by atoms with Gasteiger partial charge in [-0.05, 0) is 62.7 Å². The third-order valence-electron chi connectivity index (χ3n) is 4.03. The van der Waals surface area contributed by atoms with E-state index >= 15 is 0 Å². The zero-order chi connectivity index (χ0) is 18.0. The molecule has 6 heteroatoms. The third-order valence-corrected chi connectivity index (χ3v) is 5.39. The summed E-state index contributed by atoms with van der Waals surface area (Å²) in [7, 11) is 0. The maximum absolute atomic E-state index is 12.6. The topological polar surface area (TPSA) is 47.6 Å². The van der Waals surface area contributed by atoms with Gasteiger partial charge in [-0.2, -0.15) is 0 Å². The van der Waals surface area contributed by atoms with Gasteiger partial charge in [-0.25, -0.2) is 0 Å². The number of carbonyl (C=O) groups excluding carboxylic acids is 1. The van der Waals surface area contributed by atoms with Crippen molar-refractivity contribution in [1.29, 1.82) is 0 Å². The Hall–Kier alpha value is -1.85. The average Bonchev–Trinajstić information content (AvgIpc) is 3.04. The first-order valence-corrected chi connectivity index (χ1v) is 9.25. The van der Waals surface area contributed by atoms with E-state index < -0.39 is 5.54 Å². The summed E-state index contributed by atoms with van der Waals surface area (Å²) in [6.45, 7) is 6.08. The van der Waals surface area contributed by atoms with Crippen LogP contribution in [0.5, 0.6) is 11.5 Å². The van der Waals surface area contributed by atoms with Crippen LogP contribution in [0.4, 0.5) is 0 Å². The zero-order valence-electron chi connectivity index (χ0n) is 14.3. The standard InChI is InChI=1S/C19H20ClNO3S/c1-12(25-15-7-5-14(20)6-8-15)18(22)21-19(2,3)13-4-9-16-17(10-13)24-11-23-16/h4-10,12H,11H2,1-3H3,(H,21,22). The van der Waals surface area contributed by atoms with Crippen LogP contribution in [0.3, 0.4) is 0 Å². The van der Waals surface area contributed by atoms with Crippen LogP contribution in [0.15, 0.2) is 47.4 Å². The van der Waals surface area contributed by atoms with Crippen molar-refractivity contribution in [1.82, 2.24) is 5.32 Å². The fourth-order valence-electron chi connectivity index (χ4n) is 2.54. The minimum atomic E-state index is -0.521. The molecule has 1 aliphatic heterocycles. The molecule has 0 saturated heterocycles. The molecule has 4 nitrogen and oxygen atoms in total. The highest BCUT2D eigenvalue weighted by molar-refractivity contribution is 8.00. The van der Waals surface area contributed by atoms with Gasteiger partial charge in [-0.1, -0.05) is 17.7 Å². The van der Waals surface area contributed by atoms with Crippen LogP contribution < -0.4 is 14.8 Å². The van der Waals surface area contributed by atoms with E-state index in [1.165, 1.54) is 11.8 Å². The molecular formula is C19H20ClNO3S. The van der Waals surface area contributed by atoms with Crippen LogP contribution in [-0.4, -0.2) is 18.0 Å². The smallest absolute Gasteiger partial charge is 0.233 e. The second kappa shape index (κ2) is 7.18. The van der Waals surface area contributed by atoms with Gasteiger partial charge in [0.25, 0.3) is 0 Å². The maximum Gasteiger partial charge on any atom is 0.233 e. The van der Waals surface area contributed by atoms with E-state index in [9.17, 15) is 4.79 Å². The Bertz CT molecular complexity index is 777. The van der Waals surface area contributed by atoms with E-state index in [0.717, 1.165) is 16.2 Å². The quantitative estimate of drug-likeness (QED) is 0.773. The maximum atomic E-state index is 12.6. The molecule has 2 aromatic rings. The summed E-state index contributed by atoms with van der Waals surface area (Å²) in [6, 6.07) is 13.2. The van der Waals surface area contributed by atoms with Gasteiger partial charge in [0.1, 0.15) is 0 Å². The molecule has 0 aromatic heterocycles. The monoisotopic (exact) mass is 377 g/mol. The van der Waals surface area contributed by atoms with E-state index in [4.69, 9.17) is 21.1 Å². The summed E-state index contributed by atoms with van der Waals surface area (Å²) in [5, 5.41) is 3.57. The molecule has 1 atom stereocenters. The number of fused-ring (bicyclic) bond motifs is 1. The molecule has 1 heterocycles.